The topological polar surface area (TPSA) is 55.8 Å². The molecular formula is C26H23F3O4. The Kier molecular flexibility index (Phi) is 8.13. The number of carboxylic acids is 1. The van der Waals surface area contributed by atoms with Crippen molar-refractivity contribution in [2.24, 2.45) is 0 Å². The van der Waals surface area contributed by atoms with Crippen LogP contribution in [0.15, 0.2) is 84.9 Å². The van der Waals surface area contributed by atoms with Gasteiger partial charge in [0.25, 0.3) is 0 Å². The van der Waals surface area contributed by atoms with E-state index in [2.05, 4.69) is 0 Å². The lowest BCUT2D eigenvalue weighted by Crippen LogP contribution is -2.10. The van der Waals surface area contributed by atoms with Gasteiger partial charge >= 0.3 is 12.1 Å². The number of aliphatic carboxylic acids is 1. The van der Waals surface area contributed by atoms with Crippen LogP contribution in [0, 0.1) is 0 Å². The van der Waals surface area contributed by atoms with E-state index in [9.17, 15) is 18.0 Å². The molecule has 0 amide bonds. The molecule has 7 heteroatoms. The normalized spacial score (nSPS) is 12.5. The molecular weight excluding hydrogens is 433 g/mol. The molecule has 0 aromatic heterocycles. The number of benzene rings is 3. The predicted octanol–water partition coefficient (Wildman–Crippen LogP) is 6.67. The third kappa shape index (κ3) is 8.03. The van der Waals surface area contributed by atoms with Crippen LogP contribution in [-0.4, -0.2) is 23.9 Å². The fourth-order valence-electron chi connectivity index (χ4n) is 3.12. The fraction of sp³-hybridized carbons (Fsp3) is 0.192. The molecule has 1 N–H and O–H groups in total. The first kappa shape index (κ1) is 23.9. The van der Waals surface area contributed by atoms with Crippen molar-refractivity contribution in [1.29, 1.82) is 0 Å². The van der Waals surface area contributed by atoms with Crippen LogP contribution in [0.25, 0.3) is 6.08 Å². The zero-order chi connectivity index (χ0) is 23.7. The second-order valence-corrected chi connectivity index (χ2v) is 7.29. The summed E-state index contributed by atoms with van der Waals surface area (Å²) < 4.78 is 48.4. The van der Waals surface area contributed by atoms with Crippen molar-refractivity contribution >= 4 is 12.0 Å². The molecule has 0 radical (unpaired) electrons. The summed E-state index contributed by atoms with van der Waals surface area (Å²) in [5.74, 6) is 0.0679. The summed E-state index contributed by atoms with van der Waals surface area (Å²) in [5.41, 5.74) is 2.50. The molecule has 4 nitrogen and oxygen atoms in total. The molecule has 0 fully saturated rings. The first-order valence-corrected chi connectivity index (χ1v) is 10.3. The molecule has 3 aromatic rings. The summed E-state index contributed by atoms with van der Waals surface area (Å²) in [6.07, 6.45) is -3.02. The van der Waals surface area contributed by atoms with E-state index in [1.54, 1.807) is 36.4 Å². The van der Waals surface area contributed by atoms with Crippen LogP contribution in [0.4, 0.5) is 13.2 Å². The van der Waals surface area contributed by atoms with Gasteiger partial charge in [0.2, 0.25) is 0 Å². The highest BCUT2D eigenvalue weighted by Crippen LogP contribution is 2.30. The molecule has 0 bridgehead atoms. The summed E-state index contributed by atoms with van der Waals surface area (Å²) in [6, 6.07) is 23.7. The lowest BCUT2D eigenvalue weighted by molar-refractivity contribution is -0.136. The summed E-state index contributed by atoms with van der Waals surface area (Å²) >= 11 is 0. The van der Waals surface area contributed by atoms with E-state index in [1.807, 2.05) is 42.5 Å². The molecule has 0 aliphatic carbocycles. The van der Waals surface area contributed by atoms with Crippen molar-refractivity contribution in [3.05, 3.63) is 102 Å². The summed E-state index contributed by atoms with van der Waals surface area (Å²) in [6.45, 7) is -0.0137. The van der Waals surface area contributed by atoms with Gasteiger partial charge in [0.05, 0.1) is 6.61 Å². The molecule has 1 unspecified atom stereocenters. The Morgan fingerprint density at radius 2 is 1.48 bits per heavy atom. The molecule has 172 valence electrons. The standard InChI is InChI=1S/C26H23F3O4/c27-26(28,29)17-4-18-32-22-14-10-21(11-15-22)25(20-5-2-1-3-6-20)33-23-12-7-19(8-13-23)9-16-24(30)31/h1-3,5-16,25H,4,17-18H2,(H,30,31)/b16-9+. The van der Waals surface area contributed by atoms with Crippen molar-refractivity contribution < 1.29 is 32.5 Å². The molecule has 0 saturated carbocycles. The molecule has 0 saturated heterocycles. The molecule has 33 heavy (non-hydrogen) atoms. The highest BCUT2D eigenvalue weighted by atomic mass is 19.4. The van der Waals surface area contributed by atoms with Gasteiger partial charge in [-0.25, -0.2) is 4.79 Å². The zero-order valence-electron chi connectivity index (χ0n) is 17.7. The maximum atomic E-state index is 12.3. The molecule has 1 atom stereocenters. The zero-order valence-corrected chi connectivity index (χ0v) is 17.7. The van der Waals surface area contributed by atoms with Gasteiger partial charge in [0.1, 0.15) is 17.6 Å². The predicted molar refractivity (Wildman–Crippen MR) is 119 cm³/mol. The second kappa shape index (κ2) is 11.2. The molecule has 0 heterocycles. The van der Waals surface area contributed by atoms with Crippen LogP contribution >= 0.6 is 0 Å². The van der Waals surface area contributed by atoms with Crippen LogP contribution in [0.5, 0.6) is 11.5 Å². The van der Waals surface area contributed by atoms with Crippen LogP contribution < -0.4 is 9.47 Å². The molecule has 0 spiro atoms. The average Bonchev–Trinajstić information content (AvgIpc) is 2.80. The van der Waals surface area contributed by atoms with E-state index in [0.717, 1.165) is 22.8 Å². The second-order valence-electron chi connectivity index (χ2n) is 7.29. The SMILES string of the molecule is O=C(O)/C=C/c1ccc(OC(c2ccccc2)c2ccc(OCCCC(F)(F)F)cc2)cc1. The Labute approximate surface area is 189 Å². The first-order valence-electron chi connectivity index (χ1n) is 10.3. The van der Waals surface area contributed by atoms with Crippen LogP contribution in [0.2, 0.25) is 0 Å². The highest BCUT2D eigenvalue weighted by Gasteiger charge is 2.26. The minimum atomic E-state index is -4.18. The minimum absolute atomic E-state index is 0.0137. The minimum Gasteiger partial charge on any atom is -0.494 e. The monoisotopic (exact) mass is 456 g/mol. The van der Waals surface area contributed by atoms with Crippen molar-refractivity contribution in [2.75, 3.05) is 6.61 Å². The summed E-state index contributed by atoms with van der Waals surface area (Å²) in [4.78, 5) is 10.7. The van der Waals surface area contributed by atoms with Gasteiger partial charge in [-0.05, 0) is 53.5 Å². The van der Waals surface area contributed by atoms with Crippen molar-refractivity contribution in [3.63, 3.8) is 0 Å². The van der Waals surface area contributed by atoms with Crippen LogP contribution in [0.3, 0.4) is 0 Å². The van der Waals surface area contributed by atoms with Gasteiger partial charge < -0.3 is 14.6 Å². The third-order valence-electron chi connectivity index (χ3n) is 4.71. The van der Waals surface area contributed by atoms with Crippen LogP contribution in [-0.2, 0) is 4.79 Å². The fourth-order valence-corrected chi connectivity index (χ4v) is 3.12. The molecule has 0 aliphatic heterocycles. The van der Waals surface area contributed by atoms with Gasteiger partial charge in [0, 0.05) is 12.5 Å². The van der Waals surface area contributed by atoms with Gasteiger partial charge in [-0.15, -0.1) is 0 Å². The number of ether oxygens (including phenoxy) is 2. The Morgan fingerprint density at radius 1 is 0.879 bits per heavy atom. The number of hydrogen-bond donors (Lipinski definition) is 1. The van der Waals surface area contributed by atoms with E-state index in [1.165, 1.54) is 6.08 Å². The van der Waals surface area contributed by atoms with E-state index in [-0.39, 0.29) is 13.0 Å². The Bertz CT molecular complexity index is 1040. The van der Waals surface area contributed by atoms with Gasteiger partial charge in [-0.2, -0.15) is 13.2 Å². The van der Waals surface area contributed by atoms with E-state index >= 15 is 0 Å². The lowest BCUT2D eigenvalue weighted by atomic mass is 10.0. The number of rotatable bonds is 10. The smallest absolute Gasteiger partial charge is 0.389 e. The largest absolute Gasteiger partial charge is 0.494 e. The number of carbonyl (C=O) groups is 1. The quantitative estimate of drug-likeness (QED) is 0.273. The van der Waals surface area contributed by atoms with E-state index in [0.29, 0.717) is 11.5 Å². The number of alkyl halides is 3. The van der Waals surface area contributed by atoms with Crippen molar-refractivity contribution in [2.45, 2.75) is 25.1 Å². The van der Waals surface area contributed by atoms with Gasteiger partial charge in [0.15, 0.2) is 0 Å². The molecule has 3 rings (SSSR count). The van der Waals surface area contributed by atoms with E-state index in [4.69, 9.17) is 14.6 Å². The Morgan fingerprint density at radius 3 is 2.09 bits per heavy atom. The number of carboxylic acid groups (broad SMARTS) is 1. The Balaban J connectivity index is 1.72. The van der Waals surface area contributed by atoms with E-state index < -0.39 is 24.7 Å². The third-order valence-corrected chi connectivity index (χ3v) is 4.71. The summed E-state index contributed by atoms with van der Waals surface area (Å²) in [7, 11) is 0. The van der Waals surface area contributed by atoms with Crippen molar-refractivity contribution in [1.82, 2.24) is 0 Å². The maximum absolute atomic E-state index is 12.3. The lowest BCUT2D eigenvalue weighted by Gasteiger charge is -2.21. The summed E-state index contributed by atoms with van der Waals surface area (Å²) in [5, 5.41) is 8.75. The maximum Gasteiger partial charge on any atom is 0.389 e. The molecule has 0 aliphatic rings. The first-order chi connectivity index (χ1) is 15.8. The number of halogens is 3. The number of hydrogen-bond acceptors (Lipinski definition) is 3. The average molecular weight is 456 g/mol. The highest BCUT2D eigenvalue weighted by molar-refractivity contribution is 5.85. The van der Waals surface area contributed by atoms with Gasteiger partial charge in [-0.3, -0.25) is 0 Å². The molecule has 3 aromatic carbocycles. The Hall–Kier alpha value is -3.74. The van der Waals surface area contributed by atoms with Crippen molar-refractivity contribution in [3.8, 4) is 11.5 Å². The van der Waals surface area contributed by atoms with Crippen LogP contribution in [0.1, 0.15) is 35.6 Å². The van der Waals surface area contributed by atoms with Gasteiger partial charge in [-0.1, -0.05) is 54.6 Å².